The van der Waals surface area contributed by atoms with E-state index >= 15 is 0 Å². The van der Waals surface area contributed by atoms with Gasteiger partial charge in [0.2, 0.25) is 0 Å². The van der Waals surface area contributed by atoms with Crippen LogP contribution in [0, 0.1) is 0 Å². The Kier molecular flexibility index (Phi) is 2.62. The SMILES string of the molecule is OC1(CNCc2nccs2)CCC1. The second kappa shape index (κ2) is 3.74. The third kappa shape index (κ3) is 2.27. The largest absolute Gasteiger partial charge is 0.389 e. The summed E-state index contributed by atoms with van der Waals surface area (Å²) in [5, 5.41) is 16.0. The van der Waals surface area contributed by atoms with Crippen molar-refractivity contribution in [2.75, 3.05) is 6.54 Å². The molecule has 1 aromatic rings. The molecule has 2 N–H and O–H groups in total. The minimum Gasteiger partial charge on any atom is -0.389 e. The van der Waals surface area contributed by atoms with Gasteiger partial charge in [0, 0.05) is 24.7 Å². The van der Waals surface area contributed by atoms with Crippen molar-refractivity contribution in [3.8, 4) is 0 Å². The van der Waals surface area contributed by atoms with Crippen LogP contribution in [0.1, 0.15) is 24.3 Å². The van der Waals surface area contributed by atoms with Crippen LogP contribution in [0.15, 0.2) is 11.6 Å². The number of aliphatic hydroxyl groups is 1. The van der Waals surface area contributed by atoms with E-state index in [2.05, 4.69) is 10.3 Å². The van der Waals surface area contributed by atoms with Crippen molar-refractivity contribution in [2.24, 2.45) is 0 Å². The van der Waals surface area contributed by atoms with E-state index in [0.29, 0.717) is 6.54 Å². The predicted octanol–water partition coefficient (Wildman–Crippen LogP) is 1.15. The van der Waals surface area contributed by atoms with E-state index in [9.17, 15) is 5.11 Å². The number of aromatic nitrogens is 1. The number of nitrogens with one attached hydrogen (secondary N) is 1. The molecule has 2 rings (SSSR count). The molecule has 3 nitrogen and oxygen atoms in total. The van der Waals surface area contributed by atoms with Crippen LogP contribution in [-0.4, -0.2) is 22.2 Å². The highest BCUT2D eigenvalue weighted by Crippen LogP contribution is 2.30. The quantitative estimate of drug-likeness (QED) is 0.763. The summed E-state index contributed by atoms with van der Waals surface area (Å²) in [6.07, 6.45) is 4.85. The highest BCUT2D eigenvalue weighted by molar-refractivity contribution is 7.09. The molecule has 0 bridgehead atoms. The van der Waals surface area contributed by atoms with Crippen molar-refractivity contribution in [1.29, 1.82) is 0 Å². The fourth-order valence-electron chi connectivity index (χ4n) is 1.50. The summed E-state index contributed by atoms with van der Waals surface area (Å²) in [6.45, 7) is 1.48. The maximum Gasteiger partial charge on any atom is 0.106 e. The van der Waals surface area contributed by atoms with Crippen molar-refractivity contribution < 1.29 is 5.11 Å². The van der Waals surface area contributed by atoms with Crippen molar-refractivity contribution in [3.63, 3.8) is 0 Å². The van der Waals surface area contributed by atoms with Crippen LogP contribution < -0.4 is 5.32 Å². The standard InChI is InChI=1S/C9H14N2OS/c12-9(2-1-3-9)7-10-6-8-11-4-5-13-8/h4-5,10,12H,1-3,6-7H2. The van der Waals surface area contributed by atoms with E-state index < -0.39 is 5.60 Å². The molecule has 1 aliphatic carbocycles. The third-order valence-corrected chi connectivity index (χ3v) is 3.28. The Bertz CT molecular complexity index is 257. The highest BCUT2D eigenvalue weighted by Gasteiger charge is 2.33. The van der Waals surface area contributed by atoms with E-state index in [4.69, 9.17) is 0 Å². The first-order valence-electron chi connectivity index (χ1n) is 4.60. The Morgan fingerprint density at radius 3 is 3.00 bits per heavy atom. The molecule has 0 atom stereocenters. The summed E-state index contributed by atoms with van der Waals surface area (Å²) < 4.78 is 0. The van der Waals surface area contributed by atoms with Gasteiger partial charge in [0.1, 0.15) is 5.01 Å². The maximum absolute atomic E-state index is 9.76. The molecule has 13 heavy (non-hydrogen) atoms. The Morgan fingerprint density at radius 1 is 1.62 bits per heavy atom. The van der Waals surface area contributed by atoms with Crippen LogP contribution in [0.5, 0.6) is 0 Å². The zero-order chi connectivity index (χ0) is 9.15. The number of rotatable bonds is 4. The van der Waals surface area contributed by atoms with E-state index in [-0.39, 0.29) is 0 Å². The van der Waals surface area contributed by atoms with Crippen molar-refractivity contribution in [2.45, 2.75) is 31.4 Å². The van der Waals surface area contributed by atoms with E-state index in [1.54, 1.807) is 17.5 Å². The number of nitrogens with zero attached hydrogens (tertiary/aromatic N) is 1. The number of thiazole rings is 1. The monoisotopic (exact) mass is 198 g/mol. The molecule has 0 aromatic carbocycles. The lowest BCUT2D eigenvalue weighted by molar-refractivity contribution is -0.0314. The minimum absolute atomic E-state index is 0.419. The molecule has 1 aromatic heterocycles. The van der Waals surface area contributed by atoms with Gasteiger partial charge in [0.25, 0.3) is 0 Å². The Hall–Kier alpha value is -0.450. The molecule has 0 aliphatic heterocycles. The Morgan fingerprint density at radius 2 is 2.46 bits per heavy atom. The van der Waals surface area contributed by atoms with Gasteiger partial charge in [-0.3, -0.25) is 0 Å². The van der Waals surface area contributed by atoms with Gasteiger partial charge in [-0.2, -0.15) is 0 Å². The molecule has 0 unspecified atom stereocenters. The lowest BCUT2D eigenvalue weighted by Crippen LogP contribution is -2.45. The summed E-state index contributed by atoms with van der Waals surface area (Å²) in [4.78, 5) is 4.15. The lowest BCUT2D eigenvalue weighted by atomic mass is 9.80. The van der Waals surface area contributed by atoms with Crippen molar-refractivity contribution >= 4 is 11.3 Å². The molecule has 0 spiro atoms. The van der Waals surface area contributed by atoms with Crippen LogP contribution in [0.2, 0.25) is 0 Å². The smallest absolute Gasteiger partial charge is 0.106 e. The first-order chi connectivity index (χ1) is 6.29. The molecule has 1 aliphatic rings. The van der Waals surface area contributed by atoms with Gasteiger partial charge in [0.15, 0.2) is 0 Å². The van der Waals surface area contributed by atoms with Crippen LogP contribution in [-0.2, 0) is 6.54 Å². The molecule has 4 heteroatoms. The van der Waals surface area contributed by atoms with Gasteiger partial charge in [-0.25, -0.2) is 4.98 Å². The first kappa shape index (κ1) is 9.12. The van der Waals surface area contributed by atoms with Gasteiger partial charge in [-0.1, -0.05) is 0 Å². The Labute approximate surface area is 81.8 Å². The van der Waals surface area contributed by atoms with E-state index in [1.807, 2.05) is 5.38 Å². The average molecular weight is 198 g/mol. The molecule has 0 radical (unpaired) electrons. The maximum atomic E-state index is 9.76. The summed E-state index contributed by atoms with van der Waals surface area (Å²) in [6, 6.07) is 0. The highest BCUT2D eigenvalue weighted by atomic mass is 32.1. The second-order valence-corrected chi connectivity index (χ2v) is 4.59. The van der Waals surface area contributed by atoms with Crippen molar-refractivity contribution in [3.05, 3.63) is 16.6 Å². The normalized spacial score (nSPS) is 19.8. The second-order valence-electron chi connectivity index (χ2n) is 3.61. The van der Waals surface area contributed by atoms with Gasteiger partial charge in [0.05, 0.1) is 5.60 Å². The van der Waals surface area contributed by atoms with Gasteiger partial charge in [-0.05, 0) is 19.3 Å². The number of hydrogen-bond donors (Lipinski definition) is 2. The van der Waals surface area contributed by atoms with E-state index in [1.165, 1.54) is 0 Å². The van der Waals surface area contributed by atoms with Crippen LogP contribution in [0.4, 0.5) is 0 Å². The summed E-state index contributed by atoms with van der Waals surface area (Å²) in [5.41, 5.74) is -0.419. The van der Waals surface area contributed by atoms with Gasteiger partial charge >= 0.3 is 0 Å². The molecule has 0 saturated heterocycles. The molecule has 1 heterocycles. The Balaban J connectivity index is 1.69. The summed E-state index contributed by atoms with van der Waals surface area (Å²) >= 11 is 1.64. The fraction of sp³-hybridized carbons (Fsp3) is 0.667. The molecule has 1 fully saturated rings. The van der Waals surface area contributed by atoms with Gasteiger partial charge < -0.3 is 10.4 Å². The zero-order valence-corrected chi connectivity index (χ0v) is 8.31. The van der Waals surface area contributed by atoms with Crippen LogP contribution >= 0.6 is 11.3 Å². The average Bonchev–Trinajstić information content (AvgIpc) is 2.54. The molecule has 0 amide bonds. The summed E-state index contributed by atoms with van der Waals surface area (Å²) in [7, 11) is 0. The van der Waals surface area contributed by atoms with Crippen LogP contribution in [0.25, 0.3) is 0 Å². The van der Waals surface area contributed by atoms with Crippen molar-refractivity contribution in [1.82, 2.24) is 10.3 Å². The molecule has 1 saturated carbocycles. The zero-order valence-electron chi connectivity index (χ0n) is 7.49. The van der Waals surface area contributed by atoms with Gasteiger partial charge in [-0.15, -0.1) is 11.3 Å². The first-order valence-corrected chi connectivity index (χ1v) is 5.48. The predicted molar refractivity (Wildman–Crippen MR) is 52.6 cm³/mol. The summed E-state index contributed by atoms with van der Waals surface area (Å²) in [5.74, 6) is 0. The third-order valence-electron chi connectivity index (χ3n) is 2.50. The topological polar surface area (TPSA) is 45.1 Å². The number of hydrogen-bond acceptors (Lipinski definition) is 4. The fourth-order valence-corrected chi connectivity index (χ4v) is 2.09. The minimum atomic E-state index is -0.419. The lowest BCUT2D eigenvalue weighted by Gasteiger charge is -2.36. The van der Waals surface area contributed by atoms with Crippen LogP contribution in [0.3, 0.4) is 0 Å². The molecular weight excluding hydrogens is 184 g/mol. The molecule has 72 valence electrons. The van der Waals surface area contributed by atoms with E-state index in [0.717, 1.165) is 30.8 Å². The molecular formula is C9H14N2OS.